The third-order valence-electron chi connectivity index (χ3n) is 6.26. The van der Waals surface area contributed by atoms with Crippen LogP contribution in [-0.2, 0) is 6.54 Å². The Hall–Kier alpha value is -3.18. The molecule has 0 saturated carbocycles. The van der Waals surface area contributed by atoms with Gasteiger partial charge < -0.3 is 10.1 Å². The summed E-state index contributed by atoms with van der Waals surface area (Å²) in [7, 11) is 1.69. The van der Waals surface area contributed by atoms with E-state index in [0.29, 0.717) is 5.92 Å². The normalized spacial score (nSPS) is 17.5. The first-order valence-corrected chi connectivity index (χ1v) is 11.3. The highest BCUT2D eigenvalue weighted by Gasteiger charge is 2.31. The Labute approximate surface area is 190 Å². The summed E-state index contributed by atoms with van der Waals surface area (Å²) in [6.07, 6.45) is 3.97. The molecule has 2 aromatic carbocycles. The summed E-state index contributed by atoms with van der Waals surface area (Å²) < 4.78 is 5.28. The van der Waals surface area contributed by atoms with Crippen molar-refractivity contribution < 1.29 is 9.53 Å². The molecule has 2 atom stereocenters. The van der Waals surface area contributed by atoms with Gasteiger partial charge in [0.25, 0.3) is 5.91 Å². The number of methoxy groups -OCH3 is 1. The van der Waals surface area contributed by atoms with Crippen LogP contribution in [-0.4, -0.2) is 36.0 Å². The van der Waals surface area contributed by atoms with Crippen LogP contribution in [0.2, 0.25) is 0 Å². The maximum absolute atomic E-state index is 13.2. The van der Waals surface area contributed by atoms with Crippen LogP contribution in [0.4, 0.5) is 0 Å². The van der Waals surface area contributed by atoms with E-state index >= 15 is 0 Å². The van der Waals surface area contributed by atoms with E-state index in [1.807, 2.05) is 61.5 Å². The molecule has 5 heteroatoms. The minimum absolute atomic E-state index is 0.0361. The summed E-state index contributed by atoms with van der Waals surface area (Å²) in [5.74, 6) is 1.13. The van der Waals surface area contributed by atoms with Gasteiger partial charge in [0.15, 0.2) is 0 Å². The molecule has 1 fully saturated rings. The lowest BCUT2D eigenvalue weighted by Crippen LogP contribution is -2.43. The van der Waals surface area contributed by atoms with Crippen molar-refractivity contribution in [3.05, 3.63) is 95.3 Å². The molecule has 1 aliphatic rings. The smallest absolute Gasteiger partial charge is 0.252 e. The second kappa shape index (κ2) is 10.4. The molecule has 166 valence electrons. The average Bonchev–Trinajstić information content (AvgIpc) is 2.84. The first kappa shape index (κ1) is 22.0. The van der Waals surface area contributed by atoms with E-state index in [1.54, 1.807) is 13.3 Å². The fraction of sp³-hybridized carbons (Fsp3) is 0.333. The number of nitrogens with zero attached hydrogens (tertiary/aromatic N) is 2. The Kier molecular flexibility index (Phi) is 7.17. The first-order valence-electron chi connectivity index (χ1n) is 11.3. The third kappa shape index (κ3) is 5.35. The van der Waals surface area contributed by atoms with Gasteiger partial charge in [0.05, 0.1) is 18.8 Å². The molecular weight excluding hydrogens is 398 g/mol. The second-order valence-electron chi connectivity index (χ2n) is 8.51. The van der Waals surface area contributed by atoms with E-state index in [4.69, 9.17) is 4.74 Å². The number of hydrogen-bond donors (Lipinski definition) is 1. The molecule has 4 rings (SSSR count). The van der Waals surface area contributed by atoms with Crippen LogP contribution in [0.1, 0.15) is 46.1 Å². The zero-order chi connectivity index (χ0) is 22.3. The summed E-state index contributed by atoms with van der Waals surface area (Å²) in [5.41, 5.74) is 3.89. The van der Waals surface area contributed by atoms with Gasteiger partial charge in [0.2, 0.25) is 0 Å². The Morgan fingerprint density at radius 2 is 1.91 bits per heavy atom. The zero-order valence-corrected chi connectivity index (χ0v) is 18.8. The van der Waals surface area contributed by atoms with Crippen molar-refractivity contribution in [2.45, 2.75) is 32.4 Å². The summed E-state index contributed by atoms with van der Waals surface area (Å²) in [6, 6.07) is 21.8. The van der Waals surface area contributed by atoms with Crippen LogP contribution >= 0.6 is 0 Å². The predicted octanol–water partition coefficient (Wildman–Crippen LogP) is 4.78. The molecule has 1 aromatic heterocycles. The second-order valence-corrected chi connectivity index (χ2v) is 8.51. The van der Waals surface area contributed by atoms with Crippen molar-refractivity contribution in [1.29, 1.82) is 0 Å². The topological polar surface area (TPSA) is 54.5 Å². The summed E-state index contributed by atoms with van der Waals surface area (Å²) in [5, 5.41) is 3.32. The third-order valence-corrected chi connectivity index (χ3v) is 6.26. The Bertz CT molecular complexity index is 1020. The van der Waals surface area contributed by atoms with Crippen molar-refractivity contribution in [3.63, 3.8) is 0 Å². The molecule has 0 radical (unpaired) electrons. The molecule has 0 aliphatic carbocycles. The molecule has 1 N–H and O–H groups in total. The molecule has 0 spiro atoms. The van der Waals surface area contributed by atoms with Crippen molar-refractivity contribution in [1.82, 2.24) is 15.2 Å². The number of hydrogen-bond acceptors (Lipinski definition) is 4. The van der Waals surface area contributed by atoms with Crippen molar-refractivity contribution in [2.24, 2.45) is 5.92 Å². The number of benzene rings is 2. The van der Waals surface area contributed by atoms with E-state index in [1.165, 1.54) is 5.56 Å². The number of ether oxygens (including phenoxy) is 1. The lowest BCUT2D eigenvalue weighted by molar-refractivity contribution is 0.0874. The number of nitrogens with one attached hydrogen (secondary N) is 1. The zero-order valence-electron chi connectivity index (χ0n) is 18.8. The first-order chi connectivity index (χ1) is 15.6. The number of amides is 1. The molecule has 0 bridgehead atoms. The highest BCUT2D eigenvalue weighted by atomic mass is 16.5. The summed E-state index contributed by atoms with van der Waals surface area (Å²) >= 11 is 0. The number of aryl methyl sites for hydroxylation is 1. The number of rotatable bonds is 7. The lowest BCUT2D eigenvalue weighted by Gasteiger charge is -2.37. The highest BCUT2D eigenvalue weighted by Crippen LogP contribution is 2.30. The monoisotopic (exact) mass is 429 g/mol. The number of carbonyl (C=O) groups is 1. The van der Waals surface area contributed by atoms with Gasteiger partial charge >= 0.3 is 0 Å². The van der Waals surface area contributed by atoms with E-state index in [2.05, 4.69) is 27.3 Å². The molecular formula is C27H31N3O2. The van der Waals surface area contributed by atoms with E-state index in [9.17, 15) is 4.79 Å². The highest BCUT2D eigenvalue weighted by molar-refractivity contribution is 5.95. The minimum atomic E-state index is -0.123. The Morgan fingerprint density at radius 1 is 1.12 bits per heavy atom. The maximum atomic E-state index is 13.2. The summed E-state index contributed by atoms with van der Waals surface area (Å²) in [4.78, 5) is 20.2. The number of likely N-dealkylation sites (tertiary alicyclic amines) is 1. The van der Waals surface area contributed by atoms with E-state index in [-0.39, 0.29) is 11.9 Å². The lowest BCUT2D eigenvalue weighted by atomic mass is 9.88. The van der Waals surface area contributed by atoms with Crippen LogP contribution in [0.25, 0.3) is 0 Å². The van der Waals surface area contributed by atoms with E-state index < -0.39 is 0 Å². The number of carbonyl (C=O) groups excluding carboxylic acids is 1. The Balaban J connectivity index is 1.51. The van der Waals surface area contributed by atoms with Crippen LogP contribution in [0.3, 0.4) is 0 Å². The molecule has 32 heavy (non-hydrogen) atoms. The summed E-state index contributed by atoms with van der Waals surface area (Å²) in [6.45, 7) is 4.84. The van der Waals surface area contributed by atoms with Crippen molar-refractivity contribution >= 4 is 5.91 Å². The van der Waals surface area contributed by atoms with Gasteiger partial charge in [0.1, 0.15) is 5.75 Å². The SMILES string of the molecule is COc1ccc(CN2CCC[C@@H]([C@@H](NC(=O)c3ccccc3C)c3ccccn3)C2)cc1. The fourth-order valence-electron chi connectivity index (χ4n) is 4.54. The number of piperidine rings is 1. The average molecular weight is 430 g/mol. The molecule has 1 amide bonds. The standard InChI is InChI=1S/C27H31N3O2/c1-20-8-3-4-10-24(20)27(31)29-26(25-11-5-6-16-28-25)22-9-7-17-30(19-22)18-21-12-14-23(32-2)15-13-21/h3-6,8,10-16,22,26H,7,9,17-19H2,1-2H3,(H,29,31)/t22-,26-/m1/s1. The van der Waals surface area contributed by atoms with E-state index in [0.717, 1.165) is 55.0 Å². The molecule has 5 nitrogen and oxygen atoms in total. The van der Waals surface area contributed by atoms with Gasteiger partial charge in [-0.3, -0.25) is 14.7 Å². The minimum Gasteiger partial charge on any atom is -0.497 e. The Morgan fingerprint density at radius 3 is 2.62 bits per heavy atom. The quantitative estimate of drug-likeness (QED) is 0.587. The van der Waals surface area contributed by atoms with Crippen molar-refractivity contribution in [3.8, 4) is 5.75 Å². The fourth-order valence-corrected chi connectivity index (χ4v) is 4.54. The van der Waals surface area contributed by atoms with Gasteiger partial charge in [0, 0.05) is 24.8 Å². The largest absolute Gasteiger partial charge is 0.497 e. The molecule has 3 aromatic rings. The van der Waals surface area contributed by atoms with Gasteiger partial charge in [-0.15, -0.1) is 0 Å². The number of pyridine rings is 1. The van der Waals surface area contributed by atoms with Crippen LogP contribution < -0.4 is 10.1 Å². The van der Waals surface area contributed by atoms with Crippen molar-refractivity contribution in [2.75, 3.05) is 20.2 Å². The molecule has 2 heterocycles. The van der Waals surface area contributed by atoms with Gasteiger partial charge in [-0.25, -0.2) is 0 Å². The van der Waals surface area contributed by atoms with Crippen LogP contribution in [0.15, 0.2) is 72.9 Å². The molecule has 1 saturated heterocycles. The van der Waals surface area contributed by atoms with Crippen LogP contribution in [0, 0.1) is 12.8 Å². The predicted molar refractivity (Wildman–Crippen MR) is 127 cm³/mol. The molecule has 1 aliphatic heterocycles. The van der Waals surface area contributed by atoms with Gasteiger partial charge in [-0.05, 0) is 73.7 Å². The molecule has 0 unspecified atom stereocenters. The van der Waals surface area contributed by atoms with Gasteiger partial charge in [-0.2, -0.15) is 0 Å². The van der Waals surface area contributed by atoms with Crippen LogP contribution in [0.5, 0.6) is 5.75 Å². The maximum Gasteiger partial charge on any atom is 0.252 e. The number of aromatic nitrogens is 1. The van der Waals surface area contributed by atoms with Gasteiger partial charge in [-0.1, -0.05) is 36.4 Å².